The predicted octanol–water partition coefficient (Wildman–Crippen LogP) is 3.57. The van der Waals surface area contributed by atoms with Crippen LogP contribution in [0.1, 0.15) is 36.0 Å². The number of nitrogens with one attached hydrogen (secondary N) is 1. The number of rotatable bonds is 5. The third kappa shape index (κ3) is 4.54. The maximum absolute atomic E-state index is 12.7. The summed E-state index contributed by atoms with van der Waals surface area (Å²) in [6, 6.07) is 8.90. The number of fused-ring (bicyclic) bond motifs is 3. The first kappa shape index (κ1) is 22.1. The summed E-state index contributed by atoms with van der Waals surface area (Å²) in [6.45, 7) is 2.31. The standard InChI is InChI=1S/C24H27ClN4O4/c25-24-26-18(14-1-7-17(8-2-14)22(30)29-9-11-33-12-10-29)13-19(28-24)27-21-16-5-3-15(4-6-16)20(21)23(31)32/h1-2,7-8,13,15-16,20-21H,3-6,9-12H2,(H,31,32)(H,26,27,28). The molecule has 33 heavy (non-hydrogen) atoms. The molecule has 4 fully saturated rings. The minimum absolute atomic E-state index is 0.0139. The lowest BCUT2D eigenvalue weighted by Crippen LogP contribution is -2.51. The average molecular weight is 471 g/mol. The van der Waals surface area contributed by atoms with Crippen molar-refractivity contribution in [3.05, 3.63) is 41.2 Å². The Kier molecular flexibility index (Phi) is 6.21. The molecule has 0 spiro atoms. The second-order valence-corrected chi connectivity index (χ2v) is 9.44. The van der Waals surface area contributed by atoms with E-state index in [1.54, 1.807) is 23.1 Å². The van der Waals surface area contributed by atoms with E-state index in [1.807, 2.05) is 12.1 Å². The van der Waals surface area contributed by atoms with Crippen molar-refractivity contribution in [3.63, 3.8) is 0 Å². The molecule has 0 radical (unpaired) electrons. The van der Waals surface area contributed by atoms with Gasteiger partial charge in [0.25, 0.3) is 5.91 Å². The van der Waals surface area contributed by atoms with Crippen molar-refractivity contribution in [1.82, 2.24) is 14.9 Å². The maximum Gasteiger partial charge on any atom is 0.308 e. The van der Waals surface area contributed by atoms with Crippen molar-refractivity contribution >= 4 is 29.3 Å². The van der Waals surface area contributed by atoms with E-state index < -0.39 is 11.9 Å². The Morgan fingerprint density at radius 2 is 1.70 bits per heavy atom. The van der Waals surface area contributed by atoms with Crippen LogP contribution in [0.25, 0.3) is 11.3 Å². The van der Waals surface area contributed by atoms with Crippen molar-refractivity contribution in [2.45, 2.75) is 31.7 Å². The molecule has 2 unspecified atom stereocenters. The van der Waals surface area contributed by atoms with Gasteiger partial charge in [-0.15, -0.1) is 0 Å². The van der Waals surface area contributed by atoms with E-state index in [-0.39, 0.29) is 23.2 Å². The molecule has 6 rings (SSSR count). The maximum atomic E-state index is 12.7. The topological polar surface area (TPSA) is 105 Å². The van der Waals surface area contributed by atoms with E-state index in [1.165, 1.54) is 0 Å². The van der Waals surface area contributed by atoms with Gasteiger partial charge in [0.15, 0.2) is 0 Å². The number of halogens is 1. The van der Waals surface area contributed by atoms with Gasteiger partial charge in [0.05, 0.1) is 24.8 Å². The van der Waals surface area contributed by atoms with E-state index in [2.05, 4.69) is 15.3 Å². The highest BCUT2D eigenvalue weighted by Crippen LogP contribution is 2.46. The van der Waals surface area contributed by atoms with Crippen LogP contribution in [0.15, 0.2) is 30.3 Å². The lowest BCUT2D eigenvalue weighted by Gasteiger charge is -2.47. The fraction of sp³-hybridized carbons (Fsp3) is 0.500. The van der Waals surface area contributed by atoms with Gasteiger partial charge in [0.2, 0.25) is 5.28 Å². The van der Waals surface area contributed by atoms with E-state index in [9.17, 15) is 14.7 Å². The summed E-state index contributed by atoms with van der Waals surface area (Å²) in [5.41, 5.74) is 2.04. The zero-order chi connectivity index (χ0) is 22.9. The number of ether oxygens (including phenoxy) is 1. The first-order valence-electron chi connectivity index (χ1n) is 11.5. The molecular formula is C24H27ClN4O4. The summed E-state index contributed by atoms with van der Waals surface area (Å²) in [7, 11) is 0. The van der Waals surface area contributed by atoms with Gasteiger partial charge in [-0.2, -0.15) is 0 Å². The van der Waals surface area contributed by atoms with Gasteiger partial charge in [-0.1, -0.05) is 12.1 Å². The third-order valence-electron chi connectivity index (χ3n) is 7.24. The number of hydrogen-bond acceptors (Lipinski definition) is 6. The van der Waals surface area contributed by atoms with Crippen molar-refractivity contribution in [3.8, 4) is 11.3 Å². The first-order chi connectivity index (χ1) is 16.0. The second kappa shape index (κ2) is 9.27. The highest BCUT2D eigenvalue weighted by molar-refractivity contribution is 6.28. The number of nitrogens with zero attached hydrogens (tertiary/aromatic N) is 3. The van der Waals surface area contributed by atoms with Crippen LogP contribution in [0, 0.1) is 17.8 Å². The number of aliphatic carboxylic acids is 1. The Labute approximate surface area is 197 Å². The average Bonchev–Trinajstić information content (AvgIpc) is 2.84. The summed E-state index contributed by atoms with van der Waals surface area (Å²) >= 11 is 6.23. The van der Waals surface area contributed by atoms with Crippen LogP contribution >= 0.6 is 11.6 Å². The molecule has 3 saturated carbocycles. The van der Waals surface area contributed by atoms with Crippen molar-refractivity contribution in [2.75, 3.05) is 31.6 Å². The summed E-state index contributed by atoms with van der Waals surface area (Å²) in [6.07, 6.45) is 4.03. The summed E-state index contributed by atoms with van der Waals surface area (Å²) in [5.74, 6) is -0.123. The molecule has 1 saturated heterocycles. The van der Waals surface area contributed by atoms with E-state index >= 15 is 0 Å². The van der Waals surface area contributed by atoms with Crippen molar-refractivity contribution in [1.29, 1.82) is 0 Å². The Balaban J connectivity index is 1.35. The van der Waals surface area contributed by atoms with Gasteiger partial charge in [-0.3, -0.25) is 9.59 Å². The molecule has 3 aliphatic carbocycles. The van der Waals surface area contributed by atoms with Crippen molar-refractivity contribution in [2.24, 2.45) is 17.8 Å². The van der Waals surface area contributed by atoms with Crippen LogP contribution in [0.5, 0.6) is 0 Å². The molecule has 1 amide bonds. The normalized spacial score (nSPS) is 26.8. The fourth-order valence-corrected chi connectivity index (χ4v) is 5.74. The Morgan fingerprint density at radius 3 is 2.36 bits per heavy atom. The van der Waals surface area contributed by atoms with E-state index in [0.29, 0.717) is 49.3 Å². The summed E-state index contributed by atoms with van der Waals surface area (Å²) in [4.78, 5) is 35.1. The molecule has 2 N–H and O–H groups in total. The highest BCUT2D eigenvalue weighted by Gasteiger charge is 2.47. The summed E-state index contributed by atoms with van der Waals surface area (Å²) < 4.78 is 5.32. The number of morpholine rings is 1. The molecule has 2 aromatic rings. The van der Waals surface area contributed by atoms with Crippen LogP contribution in [-0.4, -0.2) is 64.2 Å². The zero-order valence-corrected chi connectivity index (χ0v) is 19.0. The predicted molar refractivity (Wildman–Crippen MR) is 123 cm³/mol. The molecule has 2 heterocycles. The fourth-order valence-electron chi connectivity index (χ4n) is 5.56. The van der Waals surface area contributed by atoms with Gasteiger partial charge in [0.1, 0.15) is 5.82 Å². The van der Waals surface area contributed by atoms with Crippen molar-refractivity contribution < 1.29 is 19.4 Å². The van der Waals surface area contributed by atoms with Gasteiger partial charge in [-0.25, -0.2) is 9.97 Å². The molecule has 1 aliphatic heterocycles. The molecule has 8 nitrogen and oxygen atoms in total. The second-order valence-electron chi connectivity index (χ2n) is 9.10. The van der Waals surface area contributed by atoms with Crippen LogP contribution in [0.3, 0.4) is 0 Å². The number of carboxylic acids is 1. The molecule has 1 aromatic heterocycles. The van der Waals surface area contributed by atoms with Crippen LogP contribution < -0.4 is 5.32 Å². The Hall–Kier alpha value is -2.71. The lowest BCUT2D eigenvalue weighted by molar-refractivity contribution is -0.148. The minimum Gasteiger partial charge on any atom is -0.481 e. The van der Waals surface area contributed by atoms with Crippen LogP contribution in [0.2, 0.25) is 5.28 Å². The first-order valence-corrected chi connectivity index (χ1v) is 11.9. The van der Waals surface area contributed by atoms with E-state index in [0.717, 1.165) is 31.2 Å². The largest absolute Gasteiger partial charge is 0.481 e. The number of aromatic nitrogens is 2. The molecule has 2 atom stereocenters. The van der Waals surface area contributed by atoms with Crippen LogP contribution in [-0.2, 0) is 9.53 Å². The SMILES string of the molecule is O=C(O)C1C2CCC(CC2)C1Nc1cc(-c2ccc(C(=O)N3CCOCC3)cc2)nc(Cl)n1. The minimum atomic E-state index is -0.747. The molecule has 2 bridgehead atoms. The highest BCUT2D eigenvalue weighted by atomic mass is 35.5. The molecule has 9 heteroatoms. The number of anilines is 1. The van der Waals surface area contributed by atoms with Crippen LogP contribution in [0.4, 0.5) is 5.82 Å². The number of carboxylic acid groups (broad SMARTS) is 1. The molecule has 4 aliphatic rings. The quantitative estimate of drug-likeness (QED) is 0.643. The smallest absolute Gasteiger partial charge is 0.308 e. The Morgan fingerprint density at radius 1 is 1.03 bits per heavy atom. The molecule has 1 aromatic carbocycles. The number of carbonyl (C=O) groups excluding carboxylic acids is 1. The third-order valence-corrected chi connectivity index (χ3v) is 7.41. The number of amides is 1. The zero-order valence-electron chi connectivity index (χ0n) is 18.2. The molecular weight excluding hydrogens is 444 g/mol. The van der Waals surface area contributed by atoms with Gasteiger partial charge in [0, 0.05) is 36.3 Å². The molecule has 174 valence electrons. The van der Waals surface area contributed by atoms with Gasteiger partial charge >= 0.3 is 5.97 Å². The van der Waals surface area contributed by atoms with Gasteiger partial charge < -0.3 is 20.1 Å². The number of carbonyl (C=O) groups is 2. The number of hydrogen-bond donors (Lipinski definition) is 2. The lowest BCUT2D eigenvalue weighted by atomic mass is 9.61. The summed E-state index contributed by atoms with van der Waals surface area (Å²) in [5, 5.41) is 13.3. The monoisotopic (exact) mass is 470 g/mol. The number of benzene rings is 1. The van der Waals surface area contributed by atoms with Gasteiger partial charge in [-0.05, 0) is 61.3 Å². The Bertz CT molecular complexity index is 1030. The van der Waals surface area contributed by atoms with E-state index in [4.69, 9.17) is 16.3 Å².